The van der Waals surface area contributed by atoms with Gasteiger partial charge in [0.1, 0.15) is 11.2 Å². The van der Waals surface area contributed by atoms with Gasteiger partial charge in [-0.3, -0.25) is 9.59 Å². The van der Waals surface area contributed by atoms with E-state index in [0.29, 0.717) is 19.4 Å². The summed E-state index contributed by atoms with van der Waals surface area (Å²) in [6.07, 6.45) is 3.95. The number of carbonyl (C=O) groups is 2. The van der Waals surface area contributed by atoms with Crippen molar-refractivity contribution in [2.24, 2.45) is 5.41 Å². The summed E-state index contributed by atoms with van der Waals surface area (Å²) in [5.74, 6) is -0.526. The number of hydrogen-bond acceptors (Lipinski definition) is 3. The number of aliphatic carboxylic acids is 1. The van der Waals surface area contributed by atoms with Gasteiger partial charge >= 0.3 is 5.97 Å². The summed E-state index contributed by atoms with van der Waals surface area (Å²) in [5, 5.41) is 12.1. The molecule has 0 spiro atoms. The molecule has 0 heterocycles. The van der Waals surface area contributed by atoms with E-state index < -0.39 is 11.4 Å². The standard InChI is InChI=1S/C17H21NO4/c1-22-13-6-3-2-5-12(13)16(7-4-8-16)11-18-14(19)17(9-10-17)15(20)21/h2-3,5-6H,4,7-11H2,1H3,(H,18,19)(H,20,21). The molecule has 2 saturated carbocycles. The Labute approximate surface area is 129 Å². The van der Waals surface area contributed by atoms with Crippen LogP contribution in [0.2, 0.25) is 0 Å². The minimum absolute atomic E-state index is 0.128. The van der Waals surface area contributed by atoms with Crippen molar-refractivity contribution in [1.29, 1.82) is 0 Å². The van der Waals surface area contributed by atoms with Gasteiger partial charge in [-0.25, -0.2) is 0 Å². The Morgan fingerprint density at radius 2 is 1.91 bits per heavy atom. The highest BCUT2D eigenvalue weighted by Crippen LogP contribution is 2.48. The van der Waals surface area contributed by atoms with Crippen LogP contribution in [0.1, 0.15) is 37.7 Å². The quantitative estimate of drug-likeness (QED) is 0.789. The highest BCUT2D eigenvalue weighted by molar-refractivity contribution is 6.04. The summed E-state index contributed by atoms with van der Waals surface area (Å²) in [6.45, 7) is 0.473. The molecule has 2 aliphatic carbocycles. The molecule has 2 N–H and O–H groups in total. The first kappa shape index (κ1) is 14.9. The number of benzene rings is 1. The zero-order valence-corrected chi connectivity index (χ0v) is 12.7. The monoisotopic (exact) mass is 303 g/mol. The van der Waals surface area contributed by atoms with E-state index in [0.717, 1.165) is 30.6 Å². The van der Waals surface area contributed by atoms with Crippen LogP contribution < -0.4 is 10.1 Å². The van der Waals surface area contributed by atoms with E-state index in [1.54, 1.807) is 7.11 Å². The normalized spacial score (nSPS) is 20.6. The lowest BCUT2D eigenvalue weighted by atomic mass is 9.64. The molecule has 2 aliphatic rings. The Bertz CT molecular complexity index is 602. The molecule has 5 heteroatoms. The minimum Gasteiger partial charge on any atom is -0.496 e. The molecule has 1 aromatic carbocycles. The number of carbonyl (C=O) groups excluding carboxylic acids is 1. The lowest BCUT2D eigenvalue weighted by molar-refractivity contribution is -0.149. The first-order valence-corrected chi connectivity index (χ1v) is 7.69. The topological polar surface area (TPSA) is 75.6 Å². The summed E-state index contributed by atoms with van der Waals surface area (Å²) in [7, 11) is 1.65. The second-order valence-electron chi connectivity index (χ2n) is 6.40. The second kappa shape index (κ2) is 5.30. The Morgan fingerprint density at radius 1 is 1.23 bits per heavy atom. The van der Waals surface area contributed by atoms with E-state index >= 15 is 0 Å². The van der Waals surface area contributed by atoms with Crippen LogP contribution in [-0.4, -0.2) is 30.6 Å². The van der Waals surface area contributed by atoms with Crippen LogP contribution in [0.5, 0.6) is 5.75 Å². The van der Waals surface area contributed by atoms with E-state index in [2.05, 4.69) is 5.32 Å². The number of hydrogen-bond donors (Lipinski definition) is 2. The average molecular weight is 303 g/mol. The van der Waals surface area contributed by atoms with Gasteiger partial charge in [-0.15, -0.1) is 0 Å². The maximum absolute atomic E-state index is 12.2. The third-order valence-electron chi connectivity index (χ3n) is 5.17. The highest BCUT2D eigenvalue weighted by atomic mass is 16.5. The maximum Gasteiger partial charge on any atom is 0.319 e. The molecule has 2 fully saturated rings. The smallest absolute Gasteiger partial charge is 0.319 e. The second-order valence-corrected chi connectivity index (χ2v) is 6.40. The van der Waals surface area contributed by atoms with E-state index in [-0.39, 0.29) is 11.3 Å². The van der Waals surface area contributed by atoms with Crippen molar-refractivity contribution < 1.29 is 19.4 Å². The number of para-hydroxylation sites is 1. The van der Waals surface area contributed by atoms with E-state index in [1.807, 2.05) is 24.3 Å². The molecule has 5 nitrogen and oxygen atoms in total. The van der Waals surface area contributed by atoms with Crippen LogP contribution in [0.15, 0.2) is 24.3 Å². The SMILES string of the molecule is COc1ccccc1C1(CNC(=O)C2(C(=O)O)CC2)CCC1. The van der Waals surface area contributed by atoms with Gasteiger partial charge in [0.2, 0.25) is 5.91 Å². The lowest BCUT2D eigenvalue weighted by Crippen LogP contribution is -2.48. The predicted octanol–water partition coefficient (Wildman–Crippen LogP) is 2.10. The number of carboxylic acid groups (broad SMARTS) is 1. The summed E-state index contributed by atoms with van der Waals surface area (Å²) >= 11 is 0. The molecule has 0 aliphatic heterocycles. The molecule has 3 rings (SSSR count). The summed E-state index contributed by atoms with van der Waals surface area (Å²) in [5.41, 5.74) is -0.202. The minimum atomic E-state index is -1.17. The van der Waals surface area contributed by atoms with Crippen LogP contribution in [0, 0.1) is 5.41 Å². The summed E-state index contributed by atoms with van der Waals surface area (Å²) in [4.78, 5) is 23.4. The first-order chi connectivity index (χ1) is 10.5. The number of carboxylic acids is 1. The highest BCUT2D eigenvalue weighted by Gasteiger charge is 2.57. The largest absolute Gasteiger partial charge is 0.496 e. The molecule has 22 heavy (non-hydrogen) atoms. The maximum atomic E-state index is 12.2. The number of amides is 1. The van der Waals surface area contributed by atoms with E-state index in [1.165, 1.54) is 0 Å². The third-order valence-corrected chi connectivity index (χ3v) is 5.17. The van der Waals surface area contributed by atoms with E-state index in [4.69, 9.17) is 4.74 Å². The summed E-state index contributed by atoms with van der Waals surface area (Å²) in [6, 6.07) is 7.86. The lowest BCUT2D eigenvalue weighted by Gasteiger charge is -2.43. The molecule has 0 saturated heterocycles. The molecule has 0 bridgehead atoms. The Morgan fingerprint density at radius 3 is 2.41 bits per heavy atom. The van der Waals surface area contributed by atoms with Crippen LogP contribution in [0.4, 0.5) is 0 Å². The number of rotatable bonds is 6. The fourth-order valence-corrected chi connectivity index (χ4v) is 3.31. The van der Waals surface area contributed by atoms with Crippen molar-refractivity contribution in [3.8, 4) is 5.75 Å². The zero-order valence-electron chi connectivity index (χ0n) is 12.7. The molecule has 0 radical (unpaired) electrons. The van der Waals surface area contributed by atoms with Gasteiger partial charge < -0.3 is 15.2 Å². The Kier molecular flexibility index (Phi) is 3.59. The molecule has 0 aromatic heterocycles. The van der Waals surface area contributed by atoms with Gasteiger partial charge in [0.25, 0.3) is 0 Å². The van der Waals surface area contributed by atoms with Gasteiger partial charge in [0.15, 0.2) is 0 Å². The molecule has 1 aromatic rings. The van der Waals surface area contributed by atoms with Gasteiger partial charge in [0.05, 0.1) is 7.11 Å². The third kappa shape index (κ3) is 2.25. The van der Waals surface area contributed by atoms with Crippen molar-refractivity contribution in [2.45, 2.75) is 37.5 Å². The van der Waals surface area contributed by atoms with Gasteiger partial charge in [-0.1, -0.05) is 24.6 Å². The van der Waals surface area contributed by atoms with Crippen LogP contribution in [-0.2, 0) is 15.0 Å². The Hall–Kier alpha value is -2.04. The van der Waals surface area contributed by atoms with Crippen LogP contribution in [0.3, 0.4) is 0 Å². The average Bonchev–Trinajstić information content (AvgIpc) is 3.28. The molecule has 0 unspecified atom stereocenters. The van der Waals surface area contributed by atoms with Crippen LogP contribution in [0.25, 0.3) is 0 Å². The molecular formula is C17H21NO4. The van der Waals surface area contributed by atoms with Crippen molar-refractivity contribution >= 4 is 11.9 Å². The number of methoxy groups -OCH3 is 1. The molecular weight excluding hydrogens is 282 g/mol. The van der Waals surface area contributed by atoms with Crippen molar-refractivity contribution in [2.75, 3.05) is 13.7 Å². The number of ether oxygens (including phenoxy) is 1. The number of nitrogens with one attached hydrogen (secondary N) is 1. The summed E-state index contributed by atoms with van der Waals surface area (Å²) < 4.78 is 5.45. The fourth-order valence-electron chi connectivity index (χ4n) is 3.31. The van der Waals surface area contributed by atoms with Gasteiger partial charge in [-0.05, 0) is 31.7 Å². The Balaban J connectivity index is 1.75. The molecule has 0 atom stereocenters. The zero-order chi connectivity index (χ0) is 15.8. The first-order valence-electron chi connectivity index (χ1n) is 7.69. The molecule has 118 valence electrons. The molecule has 1 amide bonds. The fraction of sp³-hybridized carbons (Fsp3) is 0.529. The van der Waals surface area contributed by atoms with Crippen molar-refractivity contribution in [1.82, 2.24) is 5.32 Å². The van der Waals surface area contributed by atoms with Crippen molar-refractivity contribution in [3.63, 3.8) is 0 Å². The van der Waals surface area contributed by atoms with E-state index in [9.17, 15) is 14.7 Å². The predicted molar refractivity (Wildman–Crippen MR) is 80.8 cm³/mol. The van der Waals surface area contributed by atoms with Crippen molar-refractivity contribution in [3.05, 3.63) is 29.8 Å². The van der Waals surface area contributed by atoms with Gasteiger partial charge in [-0.2, -0.15) is 0 Å². The van der Waals surface area contributed by atoms with Crippen LogP contribution >= 0.6 is 0 Å². The van der Waals surface area contributed by atoms with Gasteiger partial charge in [0, 0.05) is 17.5 Å².